The van der Waals surface area contributed by atoms with Crippen LogP contribution < -0.4 is 10.2 Å². The fraction of sp³-hybridized carbons (Fsp3) is 0.222. The van der Waals surface area contributed by atoms with Crippen molar-refractivity contribution in [1.29, 1.82) is 0 Å². The third-order valence-electron chi connectivity index (χ3n) is 3.54. The highest BCUT2D eigenvalue weighted by Gasteiger charge is 2.14. The van der Waals surface area contributed by atoms with E-state index < -0.39 is 5.82 Å². The molecular formula is C18H18ClFN2O2. The molecule has 6 heteroatoms. The fourth-order valence-electron chi connectivity index (χ4n) is 2.27. The number of carbonyl (C=O) groups excluding carboxylic acids is 2. The Labute approximate surface area is 145 Å². The van der Waals surface area contributed by atoms with Gasteiger partial charge in [-0.25, -0.2) is 4.39 Å². The molecule has 0 aliphatic rings. The van der Waals surface area contributed by atoms with Crippen LogP contribution in [0.25, 0.3) is 0 Å². The van der Waals surface area contributed by atoms with Gasteiger partial charge in [0.05, 0.1) is 0 Å². The Bertz CT molecular complexity index is 764. The smallest absolute Gasteiger partial charge is 0.226 e. The average molecular weight is 349 g/mol. The molecule has 0 saturated heterocycles. The zero-order valence-corrected chi connectivity index (χ0v) is 14.2. The zero-order chi connectivity index (χ0) is 17.7. The van der Waals surface area contributed by atoms with Crippen LogP contribution >= 0.6 is 11.6 Å². The molecule has 0 radical (unpaired) electrons. The molecule has 2 rings (SSSR count). The van der Waals surface area contributed by atoms with Crippen LogP contribution in [0, 0.1) is 12.7 Å². The topological polar surface area (TPSA) is 49.4 Å². The van der Waals surface area contributed by atoms with Gasteiger partial charge in [0.1, 0.15) is 5.82 Å². The van der Waals surface area contributed by atoms with Gasteiger partial charge in [-0.3, -0.25) is 9.59 Å². The first kappa shape index (κ1) is 17.9. The van der Waals surface area contributed by atoms with Crippen molar-refractivity contribution in [2.24, 2.45) is 0 Å². The van der Waals surface area contributed by atoms with E-state index in [4.69, 9.17) is 11.6 Å². The van der Waals surface area contributed by atoms with Gasteiger partial charge in [0.15, 0.2) is 0 Å². The molecule has 2 aromatic rings. The van der Waals surface area contributed by atoms with Crippen molar-refractivity contribution < 1.29 is 14.0 Å². The summed E-state index contributed by atoms with van der Waals surface area (Å²) < 4.78 is 13.3. The van der Waals surface area contributed by atoms with Gasteiger partial charge in [0, 0.05) is 36.3 Å². The van der Waals surface area contributed by atoms with Crippen LogP contribution in [0.5, 0.6) is 0 Å². The number of nitrogens with zero attached hydrogens (tertiary/aromatic N) is 1. The Morgan fingerprint density at radius 2 is 1.96 bits per heavy atom. The Balaban J connectivity index is 2.03. The van der Waals surface area contributed by atoms with E-state index in [1.807, 2.05) is 13.0 Å². The van der Waals surface area contributed by atoms with Gasteiger partial charge in [-0.15, -0.1) is 0 Å². The number of amides is 2. The van der Waals surface area contributed by atoms with E-state index >= 15 is 0 Å². The highest BCUT2D eigenvalue weighted by Crippen LogP contribution is 2.21. The maximum atomic E-state index is 13.3. The summed E-state index contributed by atoms with van der Waals surface area (Å²) in [6.07, 6.45) is 0.0854. The standard InChI is InChI=1S/C18H18ClFN2O2/c1-12-6-7-14(19)10-17(12)21-18(24)8-9-22(13(2)23)16-5-3-4-15(20)11-16/h3-7,10-11H,8-9H2,1-2H3,(H,21,24). The monoisotopic (exact) mass is 348 g/mol. The summed E-state index contributed by atoms with van der Waals surface area (Å²) in [5.74, 6) is -0.937. The first-order chi connectivity index (χ1) is 11.4. The number of carbonyl (C=O) groups is 2. The molecule has 24 heavy (non-hydrogen) atoms. The molecule has 0 aliphatic carbocycles. The second-order valence-corrected chi connectivity index (χ2v) is 5.84. The molecule has 0 bridgehead atoms. The maximum Gasteiger partial charge on any atom is 0.226 e. The largest absolute Gasteiger partial charge is 0.326 e. The molecule has 0 spiro atoms. The number of halogens is 2. The molecule has 0 aliphatic heterocycles. The predicted molar refractivity (Wildman–Crippen MR) is 93.9 cm³/mol. The minimum absolute atomic E-state index is 0.0854. The molecule has 0 atom stereocenters. The van der Waals surface area contributed by atoms with E-state index in [0.717, 1.165) is 5.56 Å². The minimum Gasteiger partial charge on any atom is -0.326 e. The van der Waals surface area contributed by atoms with Gasteiger partial charge < -0.3 is 10.2 Å². The number of nitrogens with one attached hydrogen (secondary N) is 1. The Hall–Kier alpha value is -2.40. The highest BCUT2D eigenvalue weighted by molar-refractivity contribution is 6.31. The second kappa shape index (κ2) is 7.93. The summed E-state index contributed by atoms with van der Waals surface area (Å²) in [4.78, 5) is 25.3. The van der Waals surface area contributed by atoms with E-state index in [1.54, 1.807) is 18.2 Å². The van der Waals surface area contributed by atoms with Crippen LogP contribution in [-0.4, -0.2) is 18.4 Å². The van der Waals surface area contributed by atoms with Gasteiger partial charge in [-0.1, -0.05) is 23.7 Å². The Morgan fingerprint density at radius 1 is 1.21 bits per heavy atom. The zero-order valence-electron chi connectivity index (χ0n) is 13.5. The first-order valence-corrected chi connectivity index (χ1v) is 7.84. The molecule has 2 amide bonds. The van der Waals surface area contributed by atoms with Crippen molar-refractivity contribution in [3.63, 3.8) is 0 Å². The third-order valence-corrected chi connectivity index (χ3v) is 3.77. The predicted octanol–water partition coefficient (Wildman–Crippen LogP) is 4.17. The van der Waals surface area contributed by atoms with Crippen LogP contribution in [-0.2, 0) is 9.59 Å². The number of benzene rings is 2. The summed E-state index contributed by atoms with van der Waals surface area (Å²) in [6, 6.07) is 10.9. The van der Waals surface area contributed by atoms with E-state index in [9.17, 15) is 14.0 Å². The van der Waals surface area contributed by atoms with Gasteiger partial charge in [-0.2, -0.15) is 0 Å². The lowest BCUT2D eigenvalue weighted by Gasteiger charge is -2.21. The minimum atomic E-state index is -0.433. The van der Waals surface area contributed by atoms with Crippen molar-refractivity contribution in [3.05, 3.63) is 58.9 Å². The van der Waals surface area contributed by atoms with Crippen LogP contribution in [0.1, 0.15) is 18.9 Å². The molecular weight excluding hydrogens is 331 g/mol. The van der Waals surface area contributed by atoms with Gasteiger partial charge in [0.2, 0.25) is 11.8 Å². The number of hydrogen-bond donors (Lipinski definition) is 1. The molecule has 1 N–H and O–H groups in total. The first-order valence-electron chi connectivity index (χ1n) is 7.46. The van der Waals surface area contributed by atoms with E-state index in [0.29, 0.717) is 16.4 Å². The maximum absolute atomic E-state index is 13.3. The lowest BCUT2D eigenvalue weighted by atomic mass is 10.2. The van der Waals surface area contributed by atoms with Gasteiger partial charge >= 0.3 is 0 Å². The lowest BCUT2D eigenvalue weighted by molar-refractivity contribution is -0.117. The molecule has 0 aromatic heterocycles. The summed E-state index contributed by atoms with van der Waals surface area (Å²) in [6.45, 7) is 3.40. The van der Waals surface area contributed by atoms with E-state index in [2.05, 4.69) is 5.32 Å². The number of anilines is 2. The summed E-state index contributed by atoms with van der Waals surface area (Å²) in [5.41, 5.74) is 1.95. The van der Waals surface area contributed by atoms with Crippen molar-refractivity contribution in [2.45, 2.75) is 20.3 Å². The van der Waals surface area contributed by atoms with Crippen LogP contribution in [0.3, 0.4) is 0 Å². The highest BCUT2D eigenvalue weighted by atomic mass is 35.5. The summed E-state index contributed by atoms with van der Waals surface area (Å²) in [5, 5.41) is 3.30. The third kappa shape index (κ3) is 4.80. The molecule has 0 unspecified atom stereocenters. The molecule has 0 saturated carbocycles. The number of rotatable bonds is 5. The SMILES string of the molecule is CC(=O)N(CCC(=O)Nc1cc(Cl)ccc1C)c1cccc(F)c1. The average Bonchev–Trinajstić information content (AvgIpc) is 2.51. The van der Waals surface area contributed by atoms with Crippen LogP contribution in [0.2, 0.25) is 5.02 Å². The molecule has 0 heterocycles. The summed E-state index contributed by atoms with van der Waals surface area (Å²) in [7, 11) is 0. The van der Waals surface area contributed by atoms with Crippen molar-refractivity contribution in [1.82, 2.24) is 0 Å². The van der Waals surface area contributed by atoms with Crippen LogP contribution in [0.4, 0.5) is 15.8 Å². The van der Waals surface area contributed by atoms with Crippen molar-refractivity contribution in [3.8, 4) is 0 Å². The second-order valence-electron chi connectivity index (χ2n) is 5.41. The normalized spacial score (nSPS) is 10.3. The number of hydrogen-bond acceptors (Lipinski definition) is 2. The Morgan fingerprint density at radius 3 is 2.62 bits per heavy atom. The van der Waals surface area contributed by atoms with Gasteiger partial charge in [-0.05, 0) is 42.8 Å². The molecule has 126 valence electrons. The summed E-state index contributed by atoms with van der Waals surface area (Å²) >= 11 is 5.92. The molecule has 0 fully saturated rings. The molecule has 4 nitrogen and oxygen atoms in total. The van der Waals surface area contributed by atoms with Crippen molar-refractivity contribution >= 4 is 34.8 Å². The Kier molecular flexibility index (Phi) is 5.93. The molecule has 2 aromatic carbocycles. The van der Waals surface area contributed by atoms with Crippen molar-refractivity contribution in [2.75, 3.05) is 16.8 Å². The lowest BCUT2D eigenvalue weighted by Crippen LogP contribution is -2.32. The fourth-order valence-corrected chi connectivity index (χ4v) is 2.44. The van der Waals surface area contributed by atoms with Crippen LogP contribution in [0.15, 0.2) is 42.5 Å². The number of aryl methyl sites for hydroxylation is 1. The van der Waals surface area contributed by atoms with E-state index in [1.165, 1.54) is 30.0 Å². The van der Waals surface area contributed by atoms with E-state index in [-0.39, 0.29) is 24.8 Å². The quantitative estimate of drug-likeness (QED) is 0.881. The van der Waals surface area contributed by atoms with Gasteiger partial charge in [0.25, 0.3) is 0 Å².